The molecular formula is C18H22ClNO2S. The lowest BCUT2D eigenvalue weighted by Gasteiger charge is -2.12. The zero-order valence-electron chi connectivity index (χ0n) is 13.5. The average Bonchev–Trinajstić information content (AvgIpc) is 2.54. The zero-order chi connectivity index (χ0) is 16.9. The molecule has 3 nitrogen and oxygen atoms in total. The molecular weight excluding hydrogens is 330 g/mol. The van der Waals surface area contributed by atoms with Crippen LogP contribution in [-0.2, 0) is 35.2 Å². The van der Waals surface area contributed by atoms with Gasteiger partial charge in [0.15, 0.2) is 0 Å². The fraction of sp³-hybridized carbons (Fsp3) is 0.333. The maximum Gasteiger partial charge on any atom is 0.216 e. The molecule has 124 valence electrons. The van der Waals surface area contributed by atoms with Crippen molar-refractivity contribution in [3.05, 3.63) is 69.7 Å². The second kappa shape index (κ2) is 7.95. The van der Waals surface area contributed by atoms with E-state index in [0.717, 1.165) is 24.0 Å². The zero-order valence-corrected chi connectivity index (χ0v) is 15.0. The highest BCUT2D eigenvalue weighted by Gasteiger charge is 2.12. The third-order valence-electron chi connectivity index (χ3n) is 3.81. The maximum atomic E-state index is 12.3. The lowest BCUT2D eigenvalue weighted by molar-refractivity contribution is 0.580. The van der Waals surface area contributed by atoms with Crippen molar-refractivity contribution in [3.63, 3.8) is 0 Å². The Morgan fingerprint density at radius 3 is 2.17 bits per heavy atom. The van der Waals surface area contributed by atoms with E-state index in [1.807, 2.05) is 0 Å². The minimum atomic E-state index is -3.38. The minimum Gasteiger partial charge on any atom is -0.212 e. The molecule has 2 rings (SSSR count). The molecule has 0 fully saturated rings. The molecule has 23 heavy (non-hydrogen) atoms. The summed E-state index contributed by atoms with van der Waals surface area (Å²) >= 11 is 5.82. The van der Waals surface area contributed by atoms with Crippen LogP contribution in [0.3, 0.4) is 0 Å². The van der Waals surface area contributed by atoms with Crippen LogP contribution in [0.15, 0.2) is 42.5 Å². The Kier molecular flexibility index (Phi) is 6.22. The number of halogens is 1. The molecule has 0 aliphatic rings. The van der Waals surface area contributed by atoms with E-state index >= 15 is 0 Å². The third-order valence-corrected chi connectivity index (χ3v) is 5.36. The lowest BCUT2D eigenvalue weighted by Crippen LogP contribution is -2.25. The minimum absolute atomic E-state index is 0.0426. The monoisotopic (exact) mass is 351 g/mol. The summed E-state index contributed by atoms with van der Waals surface area (Å²) < 4.78 is 27.2. The maximum absolute atomic E-state index is 12.3. The second-order valence-corrected chi connectivity index (χ2v) is 7.76. The third kappa shape index (κ3) is 5.34. The van der Waals surface area contributed by atoms with E-state index in [4.69, 9.17) is 11.6 Å². The normalized spacial score (nSPS) is 11.6. The van der Waals surface area contributed by atoms with Crippen molar-refractivity contribution in [1.82, 2.24) is 4.72 Å². The number of aryl methyl sites for hydroxylation is 2. The summed E-state index contributed by atoms with van der Waals surface area (Å²) in [4.78, 5) is 0. The van der Waals surface area contributed by atoms with Gasteiger partial charge in [0.2, 0.25) is 10.0 Å². The van der Waals surface area contributed by atoms with Gasteiger partial charge in [-0.05, 0) is 47.2 Å². The van der Waals surface area contributed by atoms with Gasteiger partial charge >= 0.3 is 0 Å². The van der Waals surface area contributed by atoms with Crippen LogP contribution >= 0.6 is 11.6 Å². The van der Waals surface area contributed by atoms with E-state index < -0.39 is 10.0 Å². The first-order valence-electron chi connectivity index (χ1n) is 7.76. The van der Waals surface area contributed by atoms with E-state index in [2.05, 4.69) is 36.8 Å². The number of nitrogens with one attached hydrogen (secondary N) is 1. The Morgan fingerprint density at radius 1 is 0.913 bits per heavy atom. The summed E-state index contributed by atoms with van der Waals surface area (Å²) in [5.41, 5.74) is 4.16. The SMILES string of the molecule is CCc1ccc(CC)c(CNS(=O)(=O)Cc2ccc(Cl)cc2)c1. The summed E-state index contributed by atoms with van der Waals surface area (Å²) in [6.45, 7) is 4.50. The van der Waals surface area contributed by atoms with Crippen molar-refractivity contribution in [2.24, 2.45) is 0 Å². The standard InChI is InChI=1S/C18H22ClNO2S/c1-3-14-5-8-16(4-2)17(11-14)12-20-23(21,22)13-15-6-9-18(19)10-7-15/h5-11,20H,3-4,12-13H2,1-2H3. The Labute approximate surface area is 143 Å². The molecule has 5 heteroatoms. The van der Waals surface area contributed by atoms with Crippen LogP contribution in [0.1, 0.15) is 36.1 Å². The van der Waals surface area contributed by atoms with Crippen LogP contribution < -0.4 is 4.72 Å². The van der Waals surface area contributed by atoms with Gasteiger partial charge in [0.05, 0.1) is 5.75 Å². The molecule has 0 heterocycles. The van der Waals surface area contributed by atoms with Crippen molar-refractivity contribution in [1.29, 1.82) is 0 Å². The second-order valence-electron chi connectivity index (χ2n) is 5.52. The van der Waals surface area contributed by atoms with Gasteiger partial charge in [0.25, 0.3) is 0 Å². The Bertz CT molecular complexity index is 755. The first kappa shape index (κ1) is 18.0. The predicted octanol–water partition coefficient (Wildman–Crippen LogP) is 4.08. The van der Waals surface area contributed by atoms with Crippen molar-refractivity contribution in [2.75, 3.05) is 0 Å². The summed E-state index contributed by atoms with van der Waals surface area (Å²) in [6.07, 6.45) is 1.83. The highest BCUT2D eigenvalue weighted by Crippen LogP contribution is 2.15. The van der Waals surface area contributed by atoms with E-state index in [1.165, 1.54) is 11.1 Å². The Balaban J connectivity index is 2.08. The van der Waals surface area contributed by atoms with E-state index in [1.54, 1.807) is 24.3 Å². The molecule has 2 aromatic carbocycles. The van der Waals surface area contributed by atoms with E-state index in [0.29, 0.717) is 11.6 Å². The number of benzene rings is 2. The van der Waals surface area contributed by atoms with Crippen molar-refractivity contribution in [2.45, 2.75) is 39.0 Å². The molecule has 0 bridgehead atoms. The smallest absolute Gasteiger partial charge is 0.212 e. The molecule has 0 unspecified atom stereocenters. The fourth-order valence-corrected chi connectivity index (χ4v) is 3.68. The largest absolute Gasteiger partial charge is 0.216 e. The van der Waals surface area contributed by atoms with Gasteiger partial charge in [0.1, 0.15) is 0 Å². The van der Waals surface area contributed by atoms with Crippen molar-refractivity contribution < 1.29 is 8.42 Å². The summed E-state index contributed by atoms with van der Waals surface area (Å²) in [5.74, 6) is -0.0426. The molecule has 0 aliphatic heterocycles. The first-order valence-corrected chi connectivity index (χ1v) is 9.79. The Hall–Kier alpha value is -1.36. The molecule has 0 aromatic heterocycles. The molecule has 0 aliphatic carbocycles. The molecule has 0 radical (unpaired) electrons. The van der Waals surface area contributed by atoms with E-state index in [9.17, 15) is 8.42 Å². The molecule has 2 aromatic rings. The van der Waals surface area contributed by atoms with Crippen LogP contribution in [0, 0.1) is 0 Å². The number of hydrogen-bond donors (Lipinski definition) is 1. The summed E-state index contributed by atoms with van der Waals surface area (Å²) in [6, 6.07) is 13.1. The first-order chi connectivity index (χ1) is 10.9. The quantitative estimate of drug-likeness (QED) is 0.816. The van der Waals surface area contributed by atoms with Gasteiger partial charge in [-0.25, -0.2) is 13.1 Å². The van der Waals surface area contributed by atoms with Crippen LogP contribution in [0.25, 0.3) is 0 Å². The van der Waals surface area contributed by atoms with Crippen LogP contribution in [0.5, 0.6) is 0 Å². The highest BCUT2D eigenvalue weighted by molar-refractivity contribution is 7.88. The number of hydrogen-bond acceptors (Lipinski definition) is 2. The fourth-order valence-electron chi connectivity index (χ4n) is 2.45. The summed E-state index contributed by atoms with van der Waals surface area (Å²) in [5, 5.41) is 0.600. The summed E-state index contributed by atoms with van der Waals surface area (Å²) in [7, 11) is -3.38. The predicted molar refractivity (Wildman–Crippen MR) is 96.1 cm³/mol. The van der Waals surface area contributed by atoms with Crippen molar-refractivity contribution in [3.8, 4) is 0 Å². The van der Waals surface area contributed by atoms with Crippen LogP contribution in [0.4, 0.5) is 0 Å². The van der Waals surface area contributed by atoms with E-state index in [-0.39, 0.29) is 5.75 Å². The molecule has 0 saturated heterocycles. The van der Waals surface area contributed by atoms with Gasteiger partial charge in [-0.1, -0.05) is 55.8 Å². The van der Waals surface area contributed by atoms with Gasteiger partial charge in [-0.2, -0.15) is 0 Å². The number of rotatable bonds is 7. The molecule has 0 spiro atoms. The highest BCUT2D eigenvalue weighted by atomic mass is 35.5. The van der Waals surface area contributed by atoms with Crippen molar-refractivity contribution >= 4 is 21.6 Å². The molecule has 0 amide bonds. The van der Waals surface area contributed by atoms with Gasteiger partial charge in [0, 0.05) is 11.6 Å². The molecule has 0 saturated carbocycles. The lowest BCUT2D eigenvalue weighted by atomic mass is 10.0. The Morgan fingerprint density at radius 2 is 1.57 bits per heavy atom. The van der Waals surface area contributed by atoms with Crippen LogP contribution in [-0.4, -0.2) is 8.42 Å². The number of sulfonamides is 1. The topological polar surface area (TPSA) is 46.2 Å². The van der Waals surface area contributed by atoms with Gasteiger partial charge in [-0.15, -0.1) is 0 Å². The average molecular weight is 352 g/mol. The van der Waals surface area contributed by atoms with Gasteiger partial charge in [-0.3, -0.25) is 0 Å². The van der Waals surface area contributed by atoms with Gasteiger partial charge < -0.3 is 0 Å². The molecule has 1 N–H and O–H groups in total. The molecule has 0 atom stereocenters. The van der Waals surface area contributed by atoms with Crippen LogP contribution in [0.2, 0.25) is 5.02 Å².